The van der Waals surface area contributed by atoms with Crippen molar-refractivity contribution in [3.63, 3.8) is 0 Å². The average Bonchev–Trinajstić information content (AvgIpc) is 2.39. The molecule has 0 saturated carbocycles. The standard InChI is InChI=1S/C15H23BrN2O/c1-11(17)14-5-3-4-8-18(14)10-12-6-7-15(19-2)13(16)9-12/h6-7,9,11,14H,3-5,8,10,17H2,1-2H3. The molecular weight excluding hydrogens is 304 g/mol. The first kappa shape index (κ1) is 14.8. The van der Waals surface area contributed by atoms with Gasteiger partial charge in [-0.05, 0) is 59.9 Å². The van der Waals surface area contributed by atoms with Crippen LogP contribution in [0.1, 0.15) is 31.7 Å². The first-order valence-electron chi connectivity index (χ1n) is 6.94. The first-order valence-corrected chi connectivity index (χ1v) is 7.73. The van der Waals surface area contributed by atoms with Gasteiger partial charge < -0.3 is 10.5 Å². The lowest BCUT2D eigenvalue weighted by Gasteiger charge is -2.38. The summed E-state index contributed by atoms with van der Waals surface area (Å²) in [6.07, 6.45) is 3.80. The fourth-order valence-corrected chi connectivity index (χ4v) is 3.44. The van der Waals surface area contributed by atoms with E-state index in [1.165, 1.54) is 24.8 Å². The minimum Gasteiger partial charge on any atom is -0.496 e. The van der Waals surface area contributed by atoms with E-state index in [2.05, 4.69) is 39.9 Å². The Morgan fingerprint density at radius 1 is 1.47 bits per heavy atom. The molecule has 1 aromatic carbocycles. The fraction of sp³-hybridized carbons (Fsp3) is 0.600. The molecule has 2 unspecified atom stereocenters. The van der Waals surface area contributed by atoms with Crippen LogP contribution in [0, 0.1) is 0 Å². The molecule has 0 aliphatic carbocycles. The molecule has 1 aliphatic rings. The van der Waals surface area contributed by atoms with Crippen molar-refractivity contribution in [3.05, 3.63) is 28.2 Å². The van der Waals surface area contributed by atoms with E-state index in [0.717, 1.165) is 23.3 Å². The predicted molar refractivity (Wildman–Crippen MR) is 82.4 cm³/mol. The molecule has 1 saturated heterocycles. The molecule has 106 valence electrons. The van der Waals surface area contributed by atoms with E-state index in [0.29, 0.717) is 6.04 Å². The Bertz CT molecular complexity index is 423. The highest BCUT2D eigenvalue weighted by molar-refractivity contribution is 9.10. The van der Waals surface area contributed by atoms with Crippen molar-refractivity contribution in [3.8, 4) is 5.75 Å². The van der Waals surface area contributed by atoms with Crippen LogP contribution >= 0.6 is 15.9 Å². The quantitative estimate of drug-likeness (QED) is 0.923. The zero-order chi connectivity index (χ0) is 13.8. The number of benzene rings is 1. The van der Waals surface area contributed by atoms with Gasteiger partial charge in [0.1, 0.15) is 5.75 Å². The van der Waals surface area contributed by atoms with Gasteiger partial charge in [-0.15, -0.1) is 0 Å². The second-order valence-electron chi connectivity index (χ2n) is 5.36. The van der Waals surface area contributed by atoms with E-state index < -0.39 is 0 Å². The lowest BCUT2D eigenvalue weighted by molar-refractivity contribution is 0.123. The molecule has 0 bridgehead atoms. The van der Waals surface area contributed by atoms with Crippen LogP contribution in [0.25, 0.3) is 0 Å². The van der Waals surface area contributed by atoms with Gasteiger partial charge in [0, 0.05) is 18.6 Å². The molecule has 2 N–H and O–H groups in total. The summed E-state index contributed by atoms with van der Waals surface area (Å²) in [5, 5.41) is 0. The summed E-state index contributed by atoms with van der Waals surface area (Å²) in [6, 6.07) is 7.04. The minimum absolute atomic E-state index is 0.238. The normalized spacial score (nSPS) is 22.2. The molecular formula is C15H23BrN2O. The van der Waals surface area contributed by atoms with E-state index in [4.69, 9.17) is 10.5 Å². The number of rotatable bonds is 4. The lowest BCUT2D eigenvalue weighted by atomic mass is 9.96. The second kappa shape index (κ2) is 6.73. The van der Waals surface area contributed by atoms with Gasteiger partial charge in [0.15, 0.2) is 0 Å². The Labute approximate surface area is 124 Å². The van der Waals surface area contributed by atoms with Crippen molar-refractivity contribution in [1.29, 1.82) is 0 Å². The SMILES string of the molecule is COc1ccc(CN2CCCCC2C(C)N)cc1Br. The van der Waals surface area contributed by atoms with Crippen LogP contribution in [-0.4, -0.2) is 30.6 Å². The van der Waals surface area contributed by atoms with Crippen LogP contribution in [0.15, 0.2) is 22.7 Å². The van der Waals surface area contributed by atoms with Gasteiger partial charge in [0.2, 0.25) is 0 Å². The summed E-state index contributed by atoms with van der Waals surface area (Å²) in [7, 11) is 1.69. The number of halogens is 1. The Hall–Kier alpha value is -0.580. The number of hydrogen-bond acceptors (Lipinski definition) is 3. The summed E-state index contributed by atoms with van der Waals surface area (Å²) in [6.45, 7) is 4.23. The number of nitrogens with zero attached hydrogens (tertiary/aromatic N) is 1. The van der Waals surface area contributed by atoms with Crippen molar-refractivity contribution in [2.45, 2.75) is 44.8 Å². The third-order valence-corrected chi connectivity index (χ3v) is 4.49. The van der Waals surface area contributed by atoms with Crippen LogP contribution in [0.2, 0.25) is 0 Å². The Morgan fingerprint density at radius 3 is 2.89 bits per heavy atom. The number of methoxy groups -OCH3 is 1. The van der Waals surface area contributed by atoms with Crippen molar-refractivity contribution in [2.24, 2.45) is 5.73 Å². The zero-order valence-electron chi connectivity index (χ0n) is 11.7. The number of hydrogen-bond donors (Lipinski definition) is 1. The van der Waals surface area contributed by atoms with E-state index in [9.17, 15) is 0 Å². The van der Waals surface area contributed by atoms with Gasteiger partial charge in [0.05, 0.1) is 11.6 Å². The molecule has 0 aromatic heterocycles. The summed E-state index contributed by atoms with van der Waals surface area (Å²) >= 11 is 3.55. The molecule has 2 atom stereocenters. The number of ether oxygens (including phenoxy) is 1. The Morgan fingerprint density at radius 2 is 2.26 bits per heavy atom. The summed E-state index contributed by atoms with van der Waals surface area (Å²) in [4.78, 5) is 2.52. The highest BCUT2D eigenvalue weighted by Crippen LogP contribution is 2.27. The van der Waals surface area contributed by atoms with Crippen LogP contribution in [0.3, 0.4) is 0 Å². The average molecular weight is 327 g/mol. The van der Waals surface area contributed by atoms with E-state index in [1.807, 2.05) is 6.07 Å². The minimum atomic E-state index is 0.238. The smallest absolute Gasteiger partial charge is 0.133 e. The molecule has 4 heteroatoms. The molecule has 1 aromatic rings. The topological polar surface area (TPSA) is 38.5 Å². The molecule has 2 rings (SSSR count). The maximum absolute atomic E-state index is 6.12. The number of likely N-dealkylation sites (tertiary alicyclic amines) is 1. The maximum Gasteiger partial charge on any atom is 0.133 e. The molecule has 1 fully saturated rings. The van der Waals surface area contributed by atoms with Crippen molar-refractivity contribution in [2.75, 3.05) is 13.7 Å². The van der Waals surface area contributed by atoms with Crippen molar-refractivity contribution >= 4 is 15.9 Å². The maximum atomic E-state index is 6.12. The highest BCUT2D eigenvalue weighted by Gasteiger charge is 2.25. The van der Waals surface area contributed by atoms with Crippen molar-refractivity contribution in [1.82, 2.24) is 4.90 Å². The van der Waals surface area contributed by atoms with Gasteiger partial charge in [0.25, 0.3) is 0 Å². The van der Waals surface area contributed by atoms with E-state index in [-0.39, 0.29) is 6.04 Å². The van der Waals surface area contributed by atoms with Gasteiger partial charge in [-0.3, -0.25) is 4.90 Å². The molecule has 0 amide bonds. The van der Waals surface area contributed by atoms with Crippen LogP contribution in [-0.2, 0) is 6.54 Å². The fourth-order valence-electron chi connectivity index (χ4n) is 2.85. The van der Waals surface area contributed by atoms with Crippen LogP contribution in [0.4, 0.5) is 0 Å². The zero-order valence-corrected chi connectivity index (χ0v) is 13.3. The summed E-state index contributed by atoms with van der Waals surface area (Å²) in [5.74, 6) is 0.881. The van der Waals surface area contributed by atoms with Gasteiger partial charge >= 0.3 is 0 Å². The van der Waals surface area contributed by atoms with E-state index >= 15 is 0 Å². The number of nitrogens with two attached hydrogens (primary N) is 1. The third kappa shape index (κ3) is 3.71. The predicted octanol–water partition coefficient (Wildman–Crippen LogP) is 3.16. The highest BCUT2D eigenvalue weighted by atomic mass is 79.9. The Balaban J connectivity index is 2.08. The molecule has 1 heterocycles. The molecule has 0 spiro atoms. The molecule has 0 radical (unpaired) electrons. The van der Waals surface area contributed by atoms with Crippen molar-refractivity contribution < 1.29 is 4.74 Å². The Kier molecular flexibility index (Phi) is 5.25. The third-order valence-electron chi connectivity index (χ3n) is 3.87. The molecule has 19 heavy (non-hydrogen) atoms. The van der Waals surface area contributed by atoms with Crippen LogP contribution in [0.5, 0.6) is 5.75 Å². The van der Waals surface area contributed by atoms with Gasteiger partial charge in [-0.1, -0.05) is 12.5 Å². The first-order chi connectivity index (χ1) is 9.11. The number of piperidine rings is 1. The molecule has 3 nitrogen and oxygen atoms in total. The second-order valence-corrected chi connectivity index (χ2v) is 6.22. The van der Waals surface area contributed by atoms with Gasteiger partial charge in [-0.25, -0.2) is 0 Å². The van der Waals surface area contributed by atoms with Crippen LogP contribution < -0.4 is 10.5 Å². The van der Waals surface area contributed by atoms with E-state index in [1.54, 1.807) is 7.11 Å². The summed E-state index contributed by atoms with van der Waals surface area (Å²) in [5.41, 5.74) is 7.42. The monoisotopic (exact) mass is 326 g/mol. The largest absolute Gasteiger partial charge is 0.496 e. The molecule has 1 aliphatic heterocycles. The van der Waals surface area contributed by atoms with Gasteiger partial charge in [-0.2, -0.15) is 0 Å². The lowest BCUT2D eigenvalue weighted by Crippen LogP contribution is -2.48. The summed E-state index contributed by atoms with van der Waals surface area (Å²) < 4.78 is 6.28.